The molecular weight excluding hydrogens is 244 g/mol. The van der Waals surface area contributed by atoms with E-state index in [-0.39, 0.29) is 0 Å². The summed E-state index contributed by atoms with van der Waals surface area (Å²) >= 11 is 6.27. The molecule has 18 heavy (non-hydrogen) atoms. The molecule has 1 aromatic carbocycles. The molecule has 3 heteroatoms. The van der Waals surface area contributed by atoms with Crippen LogP contribution in [0.15, 0.2) is 48.8 Å². The fourth-order valence-electron chi connectivity index (χ4n) is 2.19. The predicted molar refractivity (Wildman–Crippen MR) is 75.0 cm³/mol. The number of pyridine rings is 1. The van der Waals surface area contributed by atoms with Gasteiger partial charge in [0.2, 0.25) is 0 Å². The Labute approximate surface area is 111 Å². The Hall–Kier alpha value is -1.80. The molecule has 3 aromatic rings. The van der Waals surface area contributed by atoms with Crippen LogP contribution in [-0.2, 0) is 6.54 Å². The van der Waals surface area contributed by atoms with Crippen LogP contribution in [0.1, 0.15) is 11.3 Å². The maximum atomic E-state index is 6.27. The zero-order valence-corrected chi connectivity index (χ0v) is 10.9. The van der Waals surface area contributed by atoms with E-state index in [1.54, 1.807) is 0 Å². The first-order valence-electron chi connectivity index (χ1n) is 5.89. The summed E-state index contributed by atoms with van der Waals surface area (Å²) in [6.45, 7) is 2.83. The van der Waals surface area contributed by atoms with Crippen LogP contribution >= 0.6 is 11.6 Å². The molecule has 0 N–H and O–H groups in total. The molecule has 0 unspecified atom stereocenters. The Kier molecular flexibility index (Phi) is 2.80. The Morgan fingerprint density at radius 3 is 2.89 bits per heavy atom. The van der Waals surface area contributed by atoms with Crippen molar-refractivity contribution in [3.8, 4) is 0 Å². The number of nitrogens with zero attached hydrogens (tertiary/aromatic N) is 2. The van der Waals surface area contributed by atoms with Gasteiger partial charge in [0.25, 0.3) is 0 Å². The van der Waals surface area contributed by atoms with E-state index in [4.69, 9.17) is 11.6 Å². The van der Waals surface area contributed by atoms with Crippen molar-refractivity contribution in [2.75, 3.05) is 0 Å². The summed E-state index contributed by atoms with van der Waals surface area (Å²) in [7, 11) is 0. The van der Waals surface area contributed by atoms with Crippen LogP contribution in [0.5, 0.6) is 0 Å². The second-order valence-corrected chi connectivity index (χ2v) is 4.80. The van der Waals surface area contributed by atoms with E-state index in [1.165, 1.54) is 5.56 Å². The number of benzene rings is 1. The average molecular weight is 257 g/mol. The summed E-state index contributed by atoms with van der Waals surface area (Å²) in [5, 5.41) is 1.95. The maximum absolute atomic E-state index is 6.27. The molecule has 0 radical (unpaired) electrons. The number of hydrogen-bond donors (Lipinski definition) is 0. The van der Waals surface area contributed by atoms with E-state index < -0.39 is 0 Å². The molecule has 0 amide bonds. The van der Waals surface area contributed by atoms with Gasteiger partial charge >= 0.3 is 0 Å². The average Bonchev–Trinajstić information content (AvgIpc) is 2.77. The fraction of sp³-hybridized carbons (Fsp3) is 0.133. The van der Waals surface area contributed by atoms with E-state index in [9.17, 15) is 0 Å². The normalized spacial score (nSPS) is 11.0. The monoisotopic (exact) mass is 256 g/mol. The van der Waals surface area contributed by atoms with Crippen molar-refractivity contribution in [1.29, 1.82) is 0 Å². The minimum Gasteiger partial charge on any atom is -0.340 e. The molecule has 0 aliphatic rings. The number of rotatable bonds is 2. The van der Waals surface area contributed by atoms with Gasteiger partial charge in [-0.15, -0.1) is 0 Å². The highest BCUT2D eigenvalue weighted by Crippen LogP contribution is 2.25. The smallest absolute Gasteiger partial charge is 0.0673 e. The van der Waals surface area contributed by atoms with Gasteiger partial charge in [-0.1, -0.05) is 29.8 Å². The van der Waals surface area contributed by atoms with Crippen LogP contribution in [0, 0.1) is 6.92 Å². The number of para-hydroxylation sites is 1. The number of halogens is 1. The van der Waals surface area contributed by atoms with Gasteiger partial charge in [0.15, 0.2) is 0 Å². The minimum absolute atomic E-state index is 0.750. The molecule has 0 aliphatic carbocycles. The lowest BCUT2D eigenvalue weighted by Crippen LogP contribution is -2.02. The Morgan fingerprint density at radius 2 is 2.06 bits per heavy atom. The van der Waals surface area contributed by atoms with Crippen molar-refractivity contribution >= 4 is 22.5 Å². The zero-order valence-electron chi connectivity index (χ0n) is 10.1. The van der Waals surface area contributed by atoms with Crippen LogP contribution in [0.3, 0.4) is 0 Å². The molecular formula is C15H13ClN2. The highest BCUT2D eigenvalue weighted by molar-refractivity contribution is 6.35. The second-order valence-electron chi connectivity index (χ2n) is 4.39. The lowest BCUT2D eigenvalue weighted by molar-refractivity contribution is 0.799. The topological polar surface area (TPSA) is 17.8 Å². The van der Waals surface area contributed by atoms with Crippen molar-refractivity contribution in [3.63, 3.8) is 0 Å². The van der Waals surface area contributed by atoms with Gasteiger partial charge in [-0.2, -0.15) is 0 Å². The molecule has 90 valence electrons. The summed E-state index contributed by atoms with van der Waals surface area (Å²) in [5.41, 5.74) is 3.35. The molecule has 2 nitrogen and oxygen atoms in total. The largest absolute Gasteiger partial charge is 0.340 e. The molecule has 0 spiro atoms. The first-order valence-corrected chi connectivity index (χ1v) is 6.27. The van der Waals surface area contributed by atoms with Crippen LogP contribution in [0.25, 0.3) is 10.9 Å². The predicted octanol–water partition coefficient (Wildman–Crippen LogP) is 4.05. The first-order chi connectivity index (χ1) is 8.75. The zero-order chi connectivity index (χ0) is 12.5. The van der Waals surface area contributed by atoms with E-state index >= 15 is 0 Å². The third kappa shape index (κ3) is 1.89. The van der Waals surface area contributed by atoms with Gasteiger partial charge in [0.1, 0.15) is 0 Å². The second kappa shape index (κ2) is 4.46. The van der Waals surface area contributed by atoms with E-state index in [1.807, 2.05) is 24.4 Å². The summed E-state index contributed by atoms with van der Waals surface area (Å²) in [5.74, 6) is 0. The molecule has 0 bridgehead atoms. The third-order valence-electron chi connectivity index (χ3n) is 3.18. The standard InChI is InChI=1S/C15H13ClN2/c1-11-4-3-8-17-14(11)10-18-9-7-12-5-2-6-13(16)15(12)18/h2-9H,10H2,1H3. The Morgan fingerprint density at radius 1 is 1.17 bits per heavy atom. The van der Waals surface area contributed by atoms with Crippen molar-refractivity contribution < 1.29 is 0 Å². The van der Waals surface area contributed by atoms with Gasteiger partial charge in [0, 0.05) is 17.8 Å². The highest BCUT2D eigenvalue weighted by atomic mass is 35.5. The first kappa shape index (κ1) is 11.3. The number of hydrogen-bond acceptors (Lipinski definition) is 1. The molecule has 2 heterocycles. The van der Waals surface area contributed by atoms with E-state index in [2.05, 4.69) is 40.9 Å². The van der Waals surface area contributed by atoms with Gasteiger partial charge in [-0.05, 0) is 30.7 Å². The SMILES string of the molecule is Cc1cccnc1Cn1ccc2cccc(Cl)c21. The fourth-order valence-corrected chi connectivity index (χ4v) is 2.48. The maximum Gasteiger partial charge on any atom is 0.0673 e. The summed E-state index contributed by atoms with van der Waals surface area (Å²) < 4.78 is 2.15. The highest BCUT2D eigenvalue weighted by Gasteiger charge is 2.07. The van der Waals surface area contributed by atoms with E-state index in [0.29, 0.717) is 0 Å². The molecule has 0 saturated heterocycles. The third-order valence-corrected chi connectivity index (χ3v) is 3.48. The summed E-state index contributed by atoms with van der Waals surface area (Å²) in [4.78, 5) is 4.43. The Bertz CT molecular complexity index is 701. The molecule has 0 aliphatic heterocycles. The molecule has 0 saturated carbocycles. The van der Waals surface area contributed by atoms with Crippen molar-refractivity contribution in [1.82, 2.24) is 9.55 Å². The van der Waals surface area contributed by atoms with Gasteiger partial charge in [0.05, 0.1) is 22.8 Å². The summed E-state index contributed by atoms with van der Waals surface area (Å²) in [6, 6.07) is 12.1. The van der Waals surface area contributed by atoms with Crippen molar-refractivity contribution in [2.24, 2.45) is 0 Å². The minimum atomic E-state index is 0.750. The van der Waals surface area contributed by atoms with Crippen LogP contribution < -0.4 is 0 Å². The summed E-state index contributed by atoms with van der Waals surface area (Å²) in [6.07, 6.45) is 3.89. The quantitative estimate of drug-likeness (QED) is 0.676. The van der Waals surface area contributed by atoms with Gasteiger partial charge in [-0.3, -0.25) is 4.98 Å². The van der Waals surface area contributed by atoms with Crippen molar-refractivity contribution in [3.05, 3.63) is 65.1 Å². The van der Waals surface area contributed by atoms with Crippen LogP contribution in [0.4, 0.5) is 0 Å². The lowest BCUT2D eigenvalue weighted by Gasteiger charge is -2.08. The number of aryl methyl sites for hydroxylation is 1. The number of fused-ring (bicyclic) bond motifs is 1. The van der Waals surface area contributed by atoms with Crippen LogP contribution in [0.2, 0.25) is 5.02 Å². The van der Waals surface area contributed by atoms with Gasteiger partial charge in [-0.25, -0.2) is 0 Å². The van der Waals surface area contributed by atoms with E-state index in [0.717, 1.165) is 28.2 Å². The Balaban J connectivity index is 2.09. The lowest BCUT2D eigenvalue weighted by atomic mass is 10.2. The molecule has 0 fully saturated rings. The molecule has 0 atom stereocenters. The molecule has 3 rings (SSSR count). The van der Waals surface area contributed by atoms with Gasteiger partial charge < -0.3 is 4.57 Å². The number of aromatic nitrogens is 2. The molecule has 2 aromatic heterocycles. The van der Waals surface area contributed by atoms with Crippen molar-refractivity contribution in [2.45, 2.75) is 13.5 Å². The van der Waals surface area contributed by atoms with Crippen LogP contribution in [-0.4, -0.2) is 9.55 Å².